The Morgan fingerprint density at radius 1 is 1.29 bits per heavy atom. The molecular weight excluding hydrogens is 260 g/mol. The summed E-state index contributed by atoms with van der Waals surface area (Å²) in [5, 5.41) is 7.87. The lowest BCUT2D eigenvalue weighted by molar-refractivity contribution is 0.501. The molecule has 2 heterocycles. The summed E-state index contributed by atoms with van der Waals surface area (Å²) in [6.45, 7) is 6.40. The number of rotatable bonds is 3. The molecule has 1 fully saturated rings. The highest BCUT2D eigenvalue weighted by Crippen LogP contribution is 2.35. The maximum Gasteiger partial charge on any atom is 0.154 e. The molecule has 0 aliphatic carbocycles. The summed E-state index contributed by atoms with van der Waals surface area (Å²) in [6.07, 6.45) is 2.26. The van der Waals surface area contributed by atoms with E-state index in [1.165, 1.54) is 11.1 Å². The third kappa shape index (κ3) is 2.81. The number of anilines is 1. The molecule has 1 saturated heterocycles. The van der Waals surface area contributed by atoms with Crippen molar-refractivity contribution >= 4 is 5.82 Å². The molecule has 21 heavy (non-hydrogen) atoms. The first kappa shape index (κ1) is 14.1. The Morgan fingerprint density at radius 3 is 2.71 bits per heavy atom. The van der Waals surface area contributed by atoms with Gasteiger partial charge in [0, 0.05) is 24.7 Å². The zero-order valence-corrected chi connectivity index (χ0v) is 12.8. The number of hydrogen-bond acceptors (Lipinski definition) is 3. The molecular formula is C17H24N4. The highest BCUT2D eigenvalue weighted by molar-refractivity contribution is 5.70. The van der Waals surface area contributed by atoms with Crippen LogP contribution in [0.15, 0.2) is 30.3 Å². The summed E-state index contributed by atoms with van der Waals surface area (Å²) in [7, 11) is 0. The Hall–Kier alpha value is -1.81. The van der Waals surface area contributed by atoms with Gasteiger partial charge in [-0.3, -0.25) is 5.10 Å². The van der Waals surface area contributed by atoms with Crippen molar-refractivity contribution in [2.24, 2.45) is 5.73 Å². The van der Waals surface area contributed by atoms with Gasteiger partial charge in [-0.2, -0.15) is 5.10 Å². The Labute approximate surface area is 126 Å². The number of hydrogen-bond donors (Lipinski definition) is 2. The van der Waals surface area contributed by atoms with Crippen LogP contribution in [0.25, 0.3) is 11.3 Å². The van der Waals surface area contributed by atoms with Crippen LogP contribution in [0.4, 0.5) is 5.82 Å². The SMILES string of the molecule is CC(C)c1c(N2CCCC(N)C2)n[nH]c1-c1ccccc1. The zero-order chi connectivity index (χ0) is 14.8. The van der Waals surface area contributed by atoms with Crippen molar-refractivity contribution in [3.05, 3.63) is 35.9 Å². The maximum absolute atomic E-state index is 6.13. The predicted molar refractivity (Wildman–Crippen MR) is 87.5 cm³/mol. The third-order valence-electron chi connectivity index (χ3n) is 4.18. The van der Waals surface area contributed by atoms with E-state index in [0.29, 0.717) is 5.92 Å². The minimum Gasteiger partial charge on any atom is -0.353 e. The van der Waals surface area contributed by atoms with Crippen molar-refractivity contribution in [3.8, 4) is 11.3 Å². The molecule has 1 unspecified atom stereocenters. The van der Waals surface area contributed by atoms with E-state index in [4.69, 9.17) is 5.73 Å². The van der Waals surface area contributed by atoms with Crippen molar-refractivity contribution in [1.82, 2.24) is 10.2 Å². The maximum atomic E-state index is 6.13. The predicted octanol–water partition coefficient (Wildman–Crippen LogP) is 3.13. The first-order chi connectivity index (χ1) is 10.2. The van der Waals surface area contributed by atoms with Crippen LogP contribution in [0.2, 0.25) is 0 Å². The van der Waals surface area contributed by atoms with Crippen LogP contribution >= 0.6 is 0 Å². The highest BCUT2D eigenvalue weighted by atomic mass is 15.3. The van der Waals surface area contributed by atoms with Crippen molar-refractivity contribution in [2.75, 3.05) is 18.0 Å². The molecule has 0 spiro atoms. The lowest BCUT2D eigenvalue weighted by Gasteiger charge is -2.32. The van der Waals surface area contributed by atoms with E-state index in [1.807, 2.05) is 6.07 Å². The van der Waals surface area contributed by atoms with E-state index in [9.17, 15) is 0 Å². The van der Waals surface area contributed by atoms with Crippen molar-refractivity contribution in [3.63, 3.8) is 0 Å². The second kappa shape index (κ2) is 5.90. The average molecular weight is 284 g/mol. The number of aromatic amines is 1. The third-order valence-corrected chi connectivity index (χ3v) is 4.18. The molecule has 4 heteroatoms. The van der Waals surface area contributed by atoms with Gasteiger partial charge in [0.05, 0.1) is 5.69 Å². The van der Waals surface area contributed by atoms with Gasteiger partial charge in [0.25, 0.3) is 0 Å². The van der Waals surface area contributed by atoms with Crippen LogP contribution < -0.4 is 10.6 Å². The monoisotopic (exact) mass is 284 g/mol. The van der Waals surface area contributed by atoms with Crippen LogP contribution in [0.5, 0.6) is 0 Å². The summed E-state index contributed by atoms with van der Waals surface area (Å²) < 4.78 is 0. The van der Waals surface area contributed by atoms with Gasteiger partial charge in [-0.1, -0.05) is 44.2 Å². The van der Waals surface area contributed by atoms with Crippen LogP contribution in [-0.2, 0) is 0 Å². The summed E-state index contributed by atoms with van der Waals surface area (Å²) in [5.74, 6) is 1.51. The first-order valence-electron chi connectivity index (χ1n) is 7.81. The molecule has 1 aliphatic rings. The van der Waals surface area contributed by atoms with Crippen molar-refractivity contribution < 1.29 is 0 Å². The molecule has 3 rings (SSSR count). The lowest BCUT2D eigenvalue weighted by Crippen LogP contribution is -2.43. The zero-order valence-electron chi connectivity index (χ0n) is 12.8. The molecule has 2 aromatic rings. The molecule has 0 bridgehead atoms. The Balaban J connectivity index is 2.00. The molecule has 112 valence electrons. The van der Waals surface area contributed by atoms with Gasteiger partial charge in [-0.25, -0.2) is 0 Å². The van der Waals surface area contributed by atoms with Gasteiger partial charge in [0.2, 0.25) is 0 Å². The van der Waals surface area contributed by atoms with Crippen LogP contribution in [0.3, 0.4) is 0 Å². The van der Waals surface area contributed by atoms with Crippen LogP contribution in [0.1, 0.15) is 38.2 Å². The van der Waals surface area contributed by atoms with Crippen LogP contribution in [-0.4, -0.2) is 29.3 Å². The van der Waals surface area contributed by atoms with E-state index in [2.05, 4.69) is 53.2 Å². The fraction of sp³-hybridized carbons (Fsp3) is 0.471. The summed E-state index contributed by atoms with van der Waals surface area (Å²) in [6, 6.07) is 10.7. The minimum atomic E-state index is 0.260. The number of nitrogens with zero attached hydrogens (tertiary/aromatic N) is 2. The van der Waals surface area contributed by atoms with Gasteiger partial charge < -0.3 is 10.6 Å². The molecule has 0 amide bonds. The molecule has 4 nitrogen and oxygen atoms in total. The number of nitrogens with two attached hydrogens (primary N) is 1. The Kier molecular flexibility index (Phi) is 3.97. The normalized spacial score (nSPS) is 19.2. The Morgan fingerprint density at radius 2 is 2.05 bits per heavy atom. The fourth-order valence-corrected chi connectivity index (χ4v) is 3.16. The fourth-order valence-electron chi connectivity index (χ4n) is 3.16. The summed E-state index contributed by atoms with van der Waals surface area (Å²) in [5.41, 5.74) is 9.76. The smallest absolute Gasteiger partial charge is 0.154 e. The van der Waals surface area contributed by atoms with E-state index in [0.717, 1.165) is 37.4 Å². The Bertz CT molecular complexity index is 588. The van der Waals surface area contributed by atoms with E-state index >= 15 is 0 Å². The molecule has 1 aliphatic heterocycles. The van der Waals surface area contributed by atoms with Gasteiger partial charge in [-0.15, -0.1) is 0 Å². The van der Waals surface area contributed by atoms with Crippen molar-refractivity contribution in [2.45, 2.75) is 38.6 Å². The van der Waals surface area contributed by atoms with Gasteiger partial charge in [0.15, 0.2) is 5.82 Å². The minimum absolute atomic E-state index is 0.260. The quantitative estimate of drug-likeness (QED) is 0.910. The number of nitrogens with one attached hydrogen (secondary N) is 1. The number of H-pyrrole nitrogens is 1. The lowest BCUT2D eigenvalue weighted by atomic mass is 9.97. The standard InChI is InChI=1S/C17H24N4/c1-12(2)15-16(13-7-4-3-5-8-13)19-20-17(15)21-10-6-9-14(18)11-21/h3-5,7-8,12,14H,6,9-11,18H2,1-2H3,(H,19,20). The largest absolute Gasteiger partial charge is 0.353 e. The molecule has 0 radical (unpaired) electrons. The highest BCUT2D eigenvalue weighted by Gasteiger charge is 2.25. The molecule has 1 atom stereocenters. The van der Waals surface area contributed by atoms with Gasteiger partial charge in [-0.05, 0) is 24.3 Å². The molecule has 0 saturated carbocycles. The second-order valence-electron chi connectivity index (χ2n) is 6.20. The van der Waals surface area contributed by atoms with E-state index in [-0.39, 0.29) is 6.04 Å². The van der Waals surface area contributed by atoms with Crippen LogP contribution in [0, 0.1) is 0 Å². The number of piperidine rings is 1. The van der Waals surface area contributed by atoms with Gasteiger partial charge >= 0.3 is 0 Å². The first-order valence-corrected chi connectivity index (χ1v) is 7.81. The number of aromatic nitrogens is 2. The second-order valence-corrected chi connectivity index (χ2v) is 6.20. The molecule has 1 aromatic heterocycles. The average Bonchev–Trinajstić information content (AvgIpc) is 2.93. The van der Waals surface area contributed by atoms with Gasteiger partial charge in [0.1, 0.15) is 0 Å². The summed E-state index contributed by atoms with van der Waals surface area (Å²) >= 11 is 0. The number of benzene rings is 1. The van der Waals surface area contributed by atoms with Crippen molar-refractivity contribution in [1.29, 1.82) is 0 Å². The summed E-state index contributed by atoms with van der Waals surface area (Å²) in [4.78, 5) is 2.34. The van der Waals surface area contributed by atoms with E-state index in [1.54, 1.807) is 0 Å². The van der Waals surface area contributed by atoms with E-state index < -0.39 is 0 Å². The molecule has 3 N–H and O–H groups in total. The molecule has 1 aromatic carbocycles. The topological polar surface area (TPSA) is 57.9 Å².